The van der Waals surface area contributed by atoms with Crippen LogP contribution >= 0.6 is 0 Å². The number of halogens is 1. The first-order valence-corrected chi connectivity index (χ1v) is 7.23. The number of hydrogen-bond acceptors (Lipinski definition) is 4. The Labute approximate surface area is 137 Å². The Kier molecular flexibility index (Phi) is 4.24. The zero-order valence-electron chi connectivity index (χ0n) is 13.2. The van der Waals surface area contributed by atoms with Gasteiger partial charge < -0.3 is 10.1 Å². The summed E-state index contributed by atoms with van der Waals surface area (Å²) in [6.07, 6.45) is 0. The predicted octanol–water partition coefficient (Wildman–Crippen LogP) is 2.98. The Hall–Kier alpha value is -3.22. The van der Waals surface area contributed by atoms with Crippen LogP contribution in [0, 0.1) is 12.7 Å². The highest BCUT2D eigenvalue weighted by atomic mass is 19.1. The van der Waals surface area contributed by atoms with E-state index in [0.717, 1.165) is 0 Å². The van der Waals surface area contributed by atoms with Crippen LogP contribution in [-0.4, -0.2) is 28.0 Å². The average Bonchev–Trinajstić information content (AvgIpc) is 2.96. The van der Waals surface area contributed by atoms with Crippen molar-refractivity contribution in [1.29, 1.82) is 0 Å². The van der Waals surface area contributed by atoms with Gasteiger partial charge in [0.1, 0.15) is 17.3 Å². The molecule has 3 rings (SSSR count). The third-order valence-electron chi connectivity index (χ3n) is 3.51. The second kappa shape index (κ2) is 6.49. The molecule has 1 N–H and O–H groups in total. The quantitative estimate of drug-likeness (QED) is 0.800. The number of amides is 1. The van der Waals surface area contributed by atoms with Crippen LogP contribution in [0.2, 0.25) is 0 Å². The van der Waals surface area contributed by atoms with Crippen molar-refractivity contribution >= 4 is 11.6 Å². The molecular formula is C17H15FN4O2. The molecule has 6 nitrogen and oxygen atoms in total. The normalized spacial score (nSPS) is 10.5. The number of methoxy groups -OCH3 is 1. The third-order valence-corrected chi connectivity index (χ3v) is 3.51. The summed E-state index contributed by atoms with van der Waals surface area (Å²) < 4.78 is 20.0. The van der Waals surface area contributed by atoms with Crippen LogP contribution < -0.4 is 10.1 Å². The number of carbonyl (C=O) groups excluding carboxylic acids is 1. The SMILES string of the molecule is COc1ccccc1-n1nnc(C(=O)Nc2cccc(F)c2)c1C. The highest BCUT2D eigenvalue weighted by Gasteiger charge is 2.19. The van der Waals surface area contributed by atoms with E-state index in [-0.39, 0.29) is 5.69 Å². The third kappa shape index (κ3) is 2.96. The lowest BCUT2D eigenvalue weighted by molar-refractivity contribution is 0.102. The van der Waals surface area contributed by atoms with Crippen LogP contribution in [0.5, 0.6) is 5.75 Å². The lowest BCUT2D eigenvalue weighted by atomic mass is 10.2. The fourth-order valence-corrected chi connectivity index (χ4v) is 2.33. The minimum atomic E-state index is -0.459. The Balaban J connectivity index is 1.91. The molecule has 2 aromatic carbocycles. The van der Waals surface area contributed by atoms with Crippen molar-refractivity contribution in [1.82, 2.24) is 15.0 Å². The van der Waals surface area contributed by atoms with Gasteiger partial charge in [-0.25, -0.2) is 9.07 Å². The zero-order chi connectivity index (χ0) is 17.1. The van der Waals surface area contributed by atoms with Crippen LogP contribution in [0.1, 0.15) is 16.2 Å². The van der Waals surface area contributed by atoms with E-state index in [1.807, 2.05) is 18.2 Å². The van der Waals surface area contributed by atoms with Gasteiger partial charge in [0.2, 0.25) is 0 Å². The summed E-state index contributed by atoms with van der Waals surface area (Å²) in [6, 6.07) is 12.9. The van der Waals surface area contributed by atoms with E-state index in [1.54, 1.807) is 26.2 Å². The first-order valence-electron chi connectivity index (χ1n) is 7.23. The minimum absolute atomic E-state index is 0.158. The Morgan fingerprint density at radius 3 is 2.75 bits per heavy atom. The molecule has 0 aliphatic rings. The number of aromatic nitrogens is 3. The Morgan fingerprint density at radius 2 is 2.00 bits per heavy atom. The molecule has 0 atom stereocenters. The Morgan fingerprint density at radius 1 is 1.21 bits per heavy atom. The monoisotopic (exact) mass is 326 g/mol. The number of nitrogens with one attached hydrogen (secondary N) is 1. The van der Waals surface area contributed by atoms with Crippen LogP contribution in [0.4, 0.5) is 10.1 Å². The van der Waals surface area contributed by atoms with E-state index in [0.29, 0.717) is 22.8 Å². The molecule has 0 saturated carbocycles. The van der Waals surface area contributed by atoms with Gasteiger partial charge in [-0.2, -0.15) is 0 Å². The largest absolute Gasteiger partial charge is 0.494 e. The topological polar surface area (TPSA) is 69.0 Å². The average molecular weight is 326 g/mol. The molecule has 0 aliphatic heterocycles. The second-order valence-corrected chi connectivity index (χ2v) is 5.07. The summed E-state index contributed by atoms with van der Waals surface area (Å²) in [5.74, 6) is -0.274. The van der Waals surface area contributed by atoms with Gasteiger partial charge in [0.25, 0.3) is 5.91 Å². The van der Waals surface area contributed by atoms with Gasteiger partial charge in [0.15, 0.2) is 5.69 Å². The van der Waals surface area contributed by atoms with Gasteiger partial charge in [0, 0.05) is 5.69 Å². The highest BCUT2D eigenvalue weighted by Crippen LogP contribution is 2.23. The molecule has 0 fully saturated rings. The molecule has 24 heavy (non-hydrogen) atoms. The first kappa shape index (κ1) is 15.7. The molecule has 0 aliphatic carbocycles. The van der Waals surface area contributed by atoms with Crippen LogP contribution in [0.3, 0.4) is 0 Å². The molecule has 0 spiro atoms. The molecule has 0 radical (unpaired) electrons. The number of nitrogens with zero attached hydrogens (tertiary/aromatic N) is 3. The van der Waals surface area contributed by atoms with Gasteiger partial charge in [-0.05, 0) is 37.3 Å². The van der Waals surface area contributed by atoms with Crippen molar-refractivity contribution in [2.75, 3.05) is 12.4 Å². The number of para-hydroxylation sites is 2. The van der Waals surface area contributed by atoms with Crippen LogP contribution in [0.25, 0.3) is 5.69 Å². The molecule has 0 unspecified atom stereocenters. The number of benzene rings is 2. The van der Waals surface area contributed by atoms with E-state index < -0.39 is 11.7 Å². The second-order valence-electron chi connectivity index (χ2n) is 5.07. The van der Waals surface area contributed by atoms with Crippen LogP contribution in [-0.2, 0) is 0 Å². The molecule has 122 valence electrons. The molecular weight excluding hydrogens is 311 g/mol. The summed E-state index contributed by atoms with van der Waals surface area (Å²) in [7, 11) is 1.56. The van der Waals surface area contributed by atoms with E-state index >= 15 is 0 Å². The van der Waals surface area contributed by atoms with Crippen molar-refractivity contribution in [3.8, 4) is 11.4 Å². The van der Waals surface area contributed by atoms with Gasteiger partial charge >= 0.3 is 0 Å². The first-order chi connectivity index (χ1) is 11.6. The number of hydrogen-bond donors (Lipinski definition) is 1. The van der Waals surface area contributed by atoms with Crippen molar-refractivity contribution in [3.05, 3.63) is 65.7 Å². The van der Waals surface area contributed by atoms with E-state index in [2.05, 4.69) is 15.6 Å². The summed E-state index contributed by atoms with van der Waals surface area (Å²) in [5, 5.41) is 10.6. The molecule has 0 bridgehead atoms. The van der Waals surface area contributed by atoms with Crippen molar-refractivity contribution in [2.45, 2.75) is 6.92 Å². The lowest BCUT2D eigenvalue weighted by Gasteiger charge is -2.09. The fourth-order valence-electron chi connectivity index (χ4n) is 2.33. The van der Waals surface area contributed by atoms with Crippen molar-refractivity contribution < 1.29 is 13.9 Å². The maximum atomic E-state index is 13.2. The molecule has 1 amide bonds. The van der Waals surface area contributed by atoms with Gasteiger partial charge in [-0.1, -0.05) is 23.4 Å². The molecule has 1 aromatic heterocycles. The Bertz CT molecular complexity index is 892. The summed E-state index contributed by atoms with van der Waals surface area (Å²) in [4.78, 5) is 12.4. The standard InChI is InChI=1S/C17H15FN4O2/c1-11-16(17(23)19-13-7-5-6-12(18)10-13)20-21-22(11)14-8-3-4-9-15(14)24-2/h3-10H,1-2H3,(H,19,23). The van der Waals surface area contributed by atoms with Gasteiger partial charge in [-0.3, -0.25) is 4.79 Å². The number of anilines is 1. The zero-order valence-corrected chi connectivity index (χ0v) is 13.2. The molecule has 3 aromatic rings. The predicted molar refractivity (Wildman–Crippen MR) is 87.0 cm³/mol. The summed E-state index contributed by atoms with van der Waals surface area (Å²) >= 11 is 0. The molecule has 7 heteroatoms. The van der Waals surface area contributed by atoms with Crippen molar-refractivity contribution in [2.24, 2.45) is 0 Å². The van der Waals surface area contributed by atoms with E-state index in [9.17, 15) is 9.18 Å². The van der Waals surface area contributed by atoms with E-state index in [4.69, 9.17) is 4.74 Å². The van der Waals surface area contributed by atoms with Gasteiger partial charge in [-0.15, -0.1) is 5.10 Å². The number of ether oxygens (including phenoxy) is 1. The highest BCUT2D eigenvalue weighted by molar-refractivity contribution is 6.03. The number of carbonyl (C=O) groups is 1. The summed E-state index contributed by atoms with van der Waals surface area (Å²) in [6.45, 7) is 1.73. The van der Waals surface area contributed by atoms with Crippen LogP contribution in [0.15, 0.2) is 48.5 Å². The fraction of sp³-hybridized carbons (Fsp3) is 0.118. The lowest BCUT2D eigenvalue weighted by Crippen LogP contribution is -2.14. The minimum Gasteiger partial charge on any atom is -0.494 e. The van der Waals surface area contributed by atoms with E-state index in [1.165, 1.54) is 22.9 Å². The summed E-state index contributed by atoms with van der Waals surface area (Å²) in [5.41, 5.74) is 1.74. The van der Waals surface area contributed by atoms with Gasteiger partial charge in [0.05, 0.1) is 12.8 Å². The smallest absolute Gasteiger partial charge is 0.278 e. The number of rotatable bonds is 4. The maximum absolute atomic E-state index is 13.2. The van der Waals surface area contributed by atoms with Crippen molar-refractivity contribution in [3.63, 3.8) is 0 Å². The molecule has 1 heterocycles. The maximum Gasteiger partial charge on any atom is 0.278 e. The molecule has 0 saturated heterocycles.